The lowest BCUT2D eigenvalue weighted by molar-refractivity contribution is 0.0189. The van der Waals surface area contributed by atoms with Gasteiger partial charge in [-0.1, -0.05) is 36.4 Å². The van der Waals surface area contributed by atoms with Gasteiger partial charge in [-0.05, 0) is 69.0 Å². The van der Waals surface area contributed by atoms with E-state index in [1.54, 1.807) is 0 Å². The summed E-state index contributed by atoms with van der Waals surface area (Å²) in [6, 6.07) is 17.2. The first-order valence-electron chi connectivity index (χ1n) is 11.6. The number of hydrogen-bond donors (Lipinski definition) is 0. The van der Waals surface area contributed by atoms with Crippen LogP contribution in [0.4, 0.5) is 4.79 Å². The Morgan fingerprint density at radius 2 is 1.76 bits per heavy atom. The van der Waals surface area contributed by atoms with Gasteiger partial charge in [0.2, 0.25) is 0 Å². The Kier molecular flexibility index (Phi) is 5.31. The van der Waals surface area contributed by atoms with Gasteiger partial charge in [0.05, 0.1) is 0 Å². The van der Waals surface area contributed by atoms with Crippen LogP contribution in [0.3, 0.4) is 0 Å². The molecule has 6 nitrogen and oxygen atoms in total. The van der Waals surface area contributed by atoms with Crippen LogP contribution >= 0.6 is 0 Å². The van der Waals surface area contributed by atoms with Crippen LogP contribution in [0.2, 0.25) is 0 Å². The van der Waals surface area contributed by atoms with Gasteiger partial charge in [-0.25, -0.2) is 14.8 Å². The minimum Gasteiger partial charge on any atom is -0.444 e. The van der Waals surface area contributed by atoms with Crippen molar-refractivity contribution in [3.63, 3.8) is 0 Å². The second-order valence-corrected chi connectivity index (χ2v) is 9.82. The number of amides is 1. The maximum Gasteiger partial charge on any atom is 0.410 e. The van der Waals surface area contributed by atoms with E-state index in [0.29, 0.717) is 13.1 Å². The lowest BCUT2D eigenvalue weighted by Crippen LogP contribution is -2.42. The SMILES string of the molecule is Cc1nc2c(-c3ccc4ccccc4c3)ccnc2n1C1CCN(C(=O)OC(C)(C)C)CC1. The van der Waals surface area contributed by atoms with Crippen molar-refractivity contribution >= 4 is 28.0 Å². The van der Waals surface area contributed by atoms with Crippen molar-refractivity contribution in [3.8, 4) is 11.1 Å². The number of carbonyl (C=O) groups is 1. The van der Waals surface area contributed by atoms with Crippen molar-refractivity contribution in [2.45, 2.75) is 52.2 Å². The van der Waals surface area contributed by atoms with E-state index in [1.807, 2.05) is 44.9 Å². The first-order valence-corrected chi connectivity index (χ1v) is 11.6. The van der Waals surface area contributed by atoms with E-state index >= 15 is 0 Å². The van der Waals surface area contributed by atoms with E-state index in [4.69, 9.17) is 14.7 Å². The van der Waals surface area contributed by atoms with Gasteiger partial charge in [0.25, 0.3) is 0 Å². The van der Waals surface area contributed by atoms with Crippen molar-refractivity contribution in [3.05, 3.63) is 60.6 Å². The molecule has 0 saturated carbocycles. The number of likely N-dealkylation sites (tertiary alicyclic amines) is 1. The molecule has 3 heterocycles. The Labute approximate surface area is 194 Å². The van der Waals surface area contributed by atoms with Crippen molar-refractivity contribution in [1.29, 1.82) is 0 Å². The smallest absolute Gasteiger partial charge is 0.410 e. The Bertz CT molecular complexity index is 1330. The zero-order chi connectivity index (χ0) is 23.2. The average molecular weight is 443 g/mol. The molecular weight excluding hydrogens is 412 g/mol. The first-order chi connectivity index (χ1) is 15.8. The Balaban J connectivity index is 1.44. The summed E-state index contributed by atoms with van der Waals surface area (Å²) in [7, 11) is 0. The summed E-state index contributed by atoms with van der Waals surface area (Å²) < 4.78 is 7.80. The highest BCUT2D eigenvalue weighted by molar-refractivity contribution is 5.94. The zero-order valence-electron chi connectivity index (χ0n) is 19.7. The molecule has 2 aromatic heterocycles. The van der Waals surface area contributed by atoms with Crippen LogP contribution in [-0.4, -0.2) is 44.2 Å². The molecule has 0 radical (unpaired) electrons. The number of carbonyl (C=O) groups excluding carboxylic acids is 1. The fourth-order valence-electron chi connectivity index (χ4n) is 4.76. The molecule has 0 aliphatic carbocycles. The summed E-state index contributed by atoms with van der Waals surface area (Å²) in [5.74, 6) is 0.960. The van der Waals surface area contributed by atoms with Crippen molar-refractivity contribution in [2.24, 2.45) is 0 Å². The van der Waals surface area contributed by atoms with E-state index in [0.717, 1.165) is 41.0 Å². The van der Waals surface area contributed by atoms with Crippen molar-refractivity contribution in [2.75, 3.05) is 13.1 Å². The Morgan fingerprint density at radius 3 is 2.48 bits per heavy atom. The van der Waals surface area contributed by atoms with Gasteiger partial charge in [-0.2, -0.15) is 0 Å². The van der Waals surface area contributed by atoms with Gasteiger partial charge in [0.15, 0.2) is 5.65 Å². The standard InChI is InChI=1S/C27H30N4O2/c1-18-29-24-23(21-10-9-19-7-5-6-8-20(19)17-21)11-14-28-25(24)31(18)22-12-15-30(16-13-22)26(32)33-27(2,3)4/h5-11,14,17,22H,12-13,15-16H2,1-4H3. The third-order valence-corrected chi connectivity index (χ3v) is 6.30. The fraction of sp³-hybridized carbons (Fsp3) is 0.370. The van der Waals surface area contributed by atoms with E-state index in [1.165, 1.54) is 10.8 Å². The number of rotatable bonds is 2. The molecule has 4 aromatic rings. The lowest BCUT2D eigenvalue weighted by atomic mass is 10.0. The highest BCUT2D eigenvalue weighted by Gasteiger charge is 2.29. The van der Waals surface area contributed by atoms with E-state index in [9.17, 15) is 4.79 Å². The van der Waals surface area contributed by atoms with Crippen molar-refractivity contribution in [1.82, 2.24) is 19.4 Å². The van der Waals surface area contributed by atoms with Crippen LogP contribution in [0.25, 0.3) is 33.1 Å². The second kappa shape index (κ2) is 8.18. The van der Waals surface area contributed by atoms with Gasteiger partial charge in [-0.3, -0.25) is 0 Å². The number of nitrogens with zero attached hydrogens (tertiary/aromatic N) is 4. The predicted octanol–water partition coefficient (Wildman–Crippen LogP) is 6.13. The van der Waals surface area contributed by atoms with E-state index in [-0.39, 0.29) is 12.1 Å². The number of aryl methyl sites for hydroxylation is 1. The van der Waals surface area contributed by atoms with Crippen LogP contribution in [0.15, 0.2) is 54.7 Å². The second-order valence-electron chi connectivity index (χ2n) is 9.82. The zero-order valence-corrected chi connectivity index (χ0v) is 19.7. The minimum atomic E-state index is -0.478. The quantitative estimate of drug-likeness (QED) is 0.375. The van der Waals surface area contributed by atoms with Crippen molar-refractivity contribution < 1.29 is 9.53 Å². The molecule has 5 rings (SSSR count). The van der Waals surface area contributed by atoms with Crippen LogP contribution in [0, 0.1) is 6.92 Å². The van der Waals surface area contributed by atoms with Crippen LogP contribution < -0.4 is 0 Å². The summed E-state index contributed by atoms with van der Waals surface area (Å²) in [5.41, 5.74) is 3.60. The number of piperidine rings is 1. The molecule has 6 heteroatoms. The Hall–Kier alpha value is -3.41. The van der Waals surface area contributed by atoms with Gasteiger partial charge in [0, 0.05) is 30.9 Å². The molecule has 0 spiro atoms. The third-order valence-electron chi connectivity index (χ3n) is 6.30. The molecule has 170 valence electrons. The highest BCUT2D eigenvalue weighted by Crippen LogP contribution is 2.33. The lowest BCUT2D eigenvalue weighted by Gasteiger charge is -2.34. The number of imidazole rings is 1. The fourth-order valence-corrected chi connectivity index (χ4v) is 4.76. The normalized spacial score (nSPS) is 15.3. The number of benzene rings is 2. The maximum atomic E-state index is 12.5. The highest BCUT2D eigenvalue weighted by atomic mass is 16.6. The van der Waals surface area contributed by atoms with E-state index < -0.39 is 5.60 Å². The van der Waals surface area contributed by atoms with E-state index in [2.05, 4.69) is 47.0 Å². The topological polar surface area (TPSA) is 60.2 Å². The molecule has 0 N–H and O–H groups in total. The average Bonchev–Trinajstić information content (AvgIpc) is 3.13. The molecule has 2 aromatic carbocycles. The number of pyridine rings is 1. The summed E-state index contributed by atoms with van der Waals surface area (Å²) in [6.45, 7) is 9.09. The number of fused-ring (bicyclic) bond motifs is 2. The summed E-state index contributed by atoms with van der Waals surface area (Å²) in [5, 5.41) is 2.44. The monoisotopic (exact) mass is 442 g/mol. The Morgan fingerprint density at radius 1 is 1.03 bits per heavy atom. The van der Waals surface area contributed by atoms with Crippen LogP contribution in [0.5, 0.6) is 0 Å². The number of aromatic nitrogens is 3. The minimum absolute atomic E-state index is 0.232. The van der Waals surface area contributed by atoms with Gasteiger partial charge < -0.3 is 14.2 Å². The molecule has 0 unspecified atom stereocenters. The third kappa shape index (κ3) is 4.17. The maximum absolute atomic E-state index is 12.5. The summed E-state index contributed by atoms with van der Waals surface area (Å²) in [4.78, 5) is 23.9. The molecule has 1 aliphatic rings. The molecule has 0 bridgehead atoms. The van der Waals surface area contributed by atoms with Gasteiger partial charge >= 0.3 is 6.09 Å². The number of ether oxygens (including phenoxy) is 1. The molecule has 33 heavy (non-hydrogen) atoms. The van der Waals surface area contributed by atoms with Gasteiger partial charge in [-0.15, -0.1) is 0 Å². The summed E-state index contributed by atoms with van der Waals surface area (Å²) in [6.07, 6.45) is 3.35. The van der Waals surface area contributed by atoms with Gasteiger partial charge in [0.1, 0.15) is 16.9 Å². The van der Waals surface area contributed by atoms with Crippen LogP contribution in [-0.2, 0) is 4.74 Å². The molecule has 0 atom stereocenters. The molecule has 1 amide bonds. The van der Waals surface area contributed by atoms with Crippen LogP contribution in [0.1, 0.15) is 45.5 Å². The molecule has 1 fully saturated rings. The molecule has 1 aliphatic heterocycles. The molecule has 1 saturated heterocycles. The largest absolute Gasteiger partial charge is 0.444 e. The number of hydrogen-bond acceptors (Lipinski definition) is 4. The predicted molar refractivity (Wildman–Crippen MR) is 131 cm³/mol. The summed E-state index contributed by atoms with van der Waals surface area (Å²) >= 11 is 0. The first kappa shape index (κ1) is 21.4. The molecular formula is C27H30N4O2.